The zero-order valence-electron chi connectivity index (χ0n) is 11.7. The van der Waals surface area contributed by atoms with Crippen LogP contribution >= 0.6 is 0 Å². The molecule has 0 radical (unpaired) electrons. The van der Waals surface area contributed by atoms with Gasteiger partial charge in [0.25, 0.3) is 0 Å². The van der Waals surface area contributed by atoms with E-state index in [9.17, 15) is 0 Å². The van der Waals surface area contributed by atoms with Crippen molar-refractivity contribution in [1.82, 2.24) is 0 Å². The van der Waals surface area contributed by atoms with Gasteiger partial charge in [0.2, 0.25) is 0 Å². The van der Waals surface area contributed by atoms with Gasteiger partial charge in [0.05, 0.1) is 6.61 Å². The first-order valence-electron chi connectivity index (χ1n) is 6.45. The molecule has 3 nitrogen and oxygen atoms in total. The van der Waals surface area contributed by atoms with Crippen molar-refractivity contribution in [2.45, 2.75) is 51.5 Å². The maximum Gasteiger partial charge on any atom is 0.163 e. The Morgan fingerprint density at radius 3 is 2.67 bits per heavy atom. The van der Waals surface area contributed by atoms with Crippen LogP contribution in [0.3, 0.4) is 0 Å². The third-order valence-electron chi connectivity index (χ3n) is 2.99. The largest absolute Gasteiger partial charge is 0.347 e. The van der Waals surface area contributed by atoms with Gasteiger partial charge in [-0.05, 0) is 45.2 Å². The van der Waals surface area contributed by atoms with Gasteiger partial charge in [-0.2, -0.15) is 0 Å². The molecule has 0 saturated carbocycles. The predicted molar refractivity (Wildman–Crippen MR) is 72.3 cm³/mol. The smallest absolute Gasteiger partial charge is 0.163 e. The molecule has 1 atom stereocenters. The summed E-state index contributed by atoms with van der Waals surface area (Å²) >= 11 is 0. The summed E-state index contributed by atoms with van der Waals surface area (Å²) in [5.41, 5.74) is 8.28. The van der Waals surface area contributed by atoms with Gasteiger partial charge in [0.15, 0.2) is 5.79 Å². The average molecular weight is 249 g/mol. The first-order chi connectivity index (χ1) is 8.25. The molecule has 1 heterocycles. The van der Waals surface area contributed by atoms with E-state index in [0.717, 1.165) is 6.42 Å². The van der Waals surface area contributed by atoms with Crippen LogP contribution in [0.25, 0.3) is 0 Å². The van der Waals surface area contributed by atoms with Gasteiger partial charge in [0, 0.05) is 5.54 Å². The fourth-order valence-electron chi connectivity index (χ4n) is 2.28. The normalized spacial score (nSPS) is 23.3. The van der Waals surface area contributed by atoms with E-state index in [1.54, 1.807) is 0 Å². The second-order valence-corrected chi connectivity index (χ2v) is 6.23. The highest BCUT2D eigenvalue weighted by Gasteiger charge is 2.33. The van der Waals surface area contributed by atoms with Crippen LogP contribution < -0.4 is 5.73 Å². The van der Waals surface area contributed by atoms with Gasteiger partial charge in [-0.1, -0.05) is 24.3 Å². The molecule has 1 unspecified atom stereocenters. The molecule has 100 valence electrons. The summed E-state index contributed by atoms with van der Waals surface area (Å²) in [6.45, 7) is 8.58. The number of hydrogen-bond donors (Lipinski definition) is 1. The number of hydrogen-bond acceptors (Lipinski definition) is 3. The Morgan fingerprint density at radius 1 is 1.39 bits per heavy atom. The molecule has 0 amide bonds. The molecule has 1 aliphatic rings. The molecular formula is C15H23NO2. The summed E-state index contributed by atoms with van der Waals surface area (Å²) in [5, 5.41) is 0. The molecule has 18 heavy (non-hydrogen) atoms. The summed E-state index contributed by atoms with van der Waals surface area (Å²) in [7, 11) is 0. The Kier molecular flexibility index (Phi) is 3.49. The Balaban J connectivity index is 2.13. The topological polar surface area (TPSA) is 44.5 Å². The zero-order valence-corrected chi connectivity index (χ0v) is 11.7. The standard InChI is InChI=1S/C15H23NO2/c1-14(2,16)9-11-6-5-7-12(8-11)13-10-17-15(3,4)18-13/h5-8,13H,9-10,16H2,1-4H3. The molecule has 0 aliphatic carbocycles. The number of ether oxygens (including phenoxy) is 2. The van der Waals surface area contributed by atoms with Gasteiger partial charge in [0.1, 0.15) is 6.10 Å². The van der Waals surface area contributed by atoms with E-state index < -0.39 is 5.79 Å². The van der Waals surface area contributed by atoms with E-state index in [1.807, 2.05) is 27.7 Å². The van der Waals surface area contributed by atoms with Crippen LogP contribution in [-0.2, 0) is 15.9 Å². The minimum Gasteiger partial charge on any atom is -0.347 e. The van der Waals surface area contributed by atoms with Gasteiger partial charge < -0.3 is 15.2 Å². The molecule has 1 saturated heterocycles. The molecule has 1 fully saturated rings. The van der Waals surface area contributed by atoms with E-state index in [1.165, 1.54) is 11.1 Å². The van der Waals surface area contributed by atoms with E-state index >= 15 is 0 Å². The molecular weight excluding hydrogens is 226 g/mol. The Bertz CT molecular complexity index is 421. The number of rotatable bonds is 3. The fraction of sp³-hybridized carbons (Fsp3) is 0.600. The van der Waals surface area contributed by atoms with Crippen LogP contribution in [-0.4, -0.2) is 17.9 Å². The number of benzene rings is 1. The first-order valence-corrected chi connectivity index (χ1v) is 6.45. The van der Waals surface area contributed by atoms with E-state index in [-0.39, 0.29) is 11.6 Å². The van der Waals surface area contributed by atoms with E-state index in [4.69, 9.17) is 15.2 Å². The summed E-state index contributed by atoms with van der Waals surface area (Å²) in [4.78, 5) is 0. The highest BCUT2D eigenvalue weighted by Crippen LogP contribution is 2.33. The van der Waals surface area contributed by atoms with Gasteiger partial charge in [-0.3, -0.25) is 0 Å². The van der Waals surface area contributed by atoms with Crippen molar-refractivity contribution >= 4 is 0 Å². The Labute approximate surface area is 109 Å². The lowest BCUT2D eigenvalue weighted by Gasteiger charge is -2.20. The highest BCUT2D eigenvalue weighted by atomic mass is 16.7. The van der Waals surface area contributed by atoms with Crippen molar-refractivity contribution < 1.29 is 9.47 Å². The van der Waals surface area contributed by atoms with Crippen molar-refractivity contribution in [2.24, 2.45) is 5.73 Å². The maximum atomic E-state index is 6.06. The van der Waals surface area contributed by atoms with Crippen molar-refractivity contribution in [2.75, 3.05) is 6.61 Å². The molecule has 0 bridgehead atoms. The lowest BCUT2D eigenvalue weighted by Crippen LogP contribution is -2.34. The molecule has 3 heteroatoms. The van der Waals surface area contributed by atoms with Crippen molar-refractivity contribution in [3.8, 4) is 0 Å². The summed E-state index contributed by atoms with van der Waals surface area (Å²) < 4.78 is 11.5. The molecule has 2 N–H and O–H groups in total. The van der Waals surface area contributed by atoms with E-state index in [0.29, 0.717) is 6.61 Å². The predicted octanol–water partition coefficient (Wildman–Crippen LogP) is 2.79. The summed E-state index contributed by atoms with van der Waals surface area (Å²) in [6, 6.07) is 8.43. The van der Waals surface area contributed by atoms with Gasteiger partial charge >= 0.3 is 0 Å². The van der Waals surface area contributed by atoms with Crippen LogP contribution in [0, 0.1) is 0 Å². The Hall–Kier alpha value is -0.900. The van der Waals surface area contributed by atoms with Crippen LogP contribution in [0.4, 0.5) is 0 Å². The third kappa shape index (κ3) is 3.55. The fourth-order valence-corrected chi connectivity index (χ4v) is 2.28. The molecule has 1 aromatic rings. The van der Waals surface area contributed by atoms with Crippen LogP contribution in [0.2, 0.25) is 0 Å². The summed E-state index contributed by atoms with van der Waals surface area (Å²) in [5.74, 6) is -0.478. The SMILES string of the molecule is CC(C)(N)Cc1cccc(C2COC(C)(C)O2)c1. The van der Waals surface area contributed by atoms with Crippen molar-refractivity contribution in [1.29, 1.82) is 0 Å². The van der Waals surface area contributed by atoms with Crippen molar-refractivity contribution in [3.63, 3.8) is 0 Å². The highest BCUT2D eigenvalue weighted by molar-refractivity contribution is 5.27. The first kappa shape index (κ1) is 13.5. The second-order valence-electron chi connectivity index (χ2n) is 6.23. The monoisotopic (exact) mass is 249 g/mol. The van der Waals surface area contributed by atoms with E-state index in [2.05, 4.69) is 24.3 Å². The third-order valence-corrected chi connectivity index (χ3v) is 2.99. The minimum absolute atomic E-state index is 0.0286. The van der Waals surface area contributed by atoms with Gasteiger partial charge in [-0.15, -0.1) is 0 Å². The molecule has 2 rings (SSSR count). The summed E-state index contributed by atoms with van der Waals surface area (Å²) in [6.07, 6.45) is 0.887. The average Bonchev–Trinajstić information content (AvgIpc) is 2.57. The quantitative estimate of drug-likeness (QED) is 0.896. The van der Waals surface area contributed by atoms with Crippen LogP contribution in [0.5, 0.6) is 0 Å². The van der Waals surface area contributed by atoms with Crippen LogP contribution in [0.1, 0.15) is 44.9 Å². The number of nitrogens with two attached hydrogens (primary N) is 1. The van der Waals surface area contributed by atoms with Crippen LogP contribution in [0.15, 0.2) is 24.3 Å². The second kappa shape index (κ2) is 4.65. The minimum atomic E-state index is -0.478. The molecule has 1 aromatic carbocycles. The Morgan fingerprint density at radius 2 is 2.11 bits per heavy atom. The lowest BCUT2D eigenvalue weighted by molar-refractivity contribution is -0.139. The molecule has 0 spiro atoms. The van der Waals surface area contributed by atoms with Gasteiger partial charge in [-0.25, -0.2) is 0 Å². The zero-order chi connectivity index (χ0) is 13.4. The van der Waals surface area contributed by atoms with Crippen molar-refractivity contribution in [3.05, 3.63) is 35.4 Å². The lowest BCUT2D eigenvalue weighted by atomic mass is 9.94. The molecule has 0 aromatic heterocycles. The maximum absolute atomic E-state index is 6.06. The molecule has 1 aliphatic heterocycles.